The molecular formula is C40H40N6O2. The molecule has 0 bridgehead atoms. The number of oxazole rings is 1. The third-order valence-corrected chi connectivity index (χ3v) is 8.44. The lowest BCUT2D eigenvalue weighted by molar-refractivity contribution is 0.265. The van der Waals surface area contributed by atoms with Crippen molar-refractivity contribution in [2.45, 2.75) is 51.9 Å². The molecule has 1 aliphatic carbocycles. The second-order valence-electron chi connectivity index (χ2n) is 12.7. The van der Waals surface area contributed by atoms with Crippen molar-refractivity contribution < 1.29 is 9.15 Å². The number of para-hydroxylation sites is 2. The number of anilines is 4. The van der Waals surface area contributed by atoms with Gasteiger partial charge in [-0.25, -0.2) is 4.98 Å². The van der Waals surface area contributed by atoms with Crippen molar-refractivity contribution >= 4 is 46.5 Å². The van der Waals surface area contributed by atoms with Crippen LogP contribution in [-0.2, 0) is 0 Å². The Morgan fingerprint density at radius 3 is 2.02 bits per heavy atom. The normalized spacial score (nSPS) is 13.7. The molecule has 2 heterocycles. The lowest BCUT2D eigenvalue weighted by atomic mass is 9.83. The molecule has 0 unspecified atom stereocenters. The van der Waals surface area contributed by atoms with Gasteiger partial charge in [0, 0.05) is 29.1 Å². The molecule has 2 N–H and O–H groups in total. The van der Waals surface area contributed by atoms with E-state index in [1.807, 2.05) is 103 Å². The summed E-state index contributed by atoms with van der Waals surface area (Å²) < 4.78 is 12.5. The van der Waals surface area contributed by atoms with Gasteiger partial charge in [-0.1, -0.05) is 93.8 Å². The van der Waals surface area contributed by atoms with Crippen LogP contribution in [0.2, 0.25) is 0 Å². The second kappa shape index (κ2) is 14.5. The number of ether oxygens (including phenoxy) is 1. The molecule has 8 nitrogen and oxygen atoms in total. The molecule has 4 aromatic carbocycles. The number of benzene rings is 4. The molecule has 0 saturated heterocycles. The molecule has 0 atom stereocenters. The number of nitrogens with one attached hydrogen (secondary N) is 2. The van der Waals surface area contributed by atoms with E-state index >= 15 is 0 Å². The monoisotopic (exact) mass is 636 g/mol. The third kappa shape index (κ3) is 7.72. The van der Waals surface area contributed by atoms with Crippen LogP contribution in [0.5, 0.6) is 5.75 Å². The van der Waals surface area contributed by atoms with Gasteiger partial charge in [0.05, 0.1) is 6.61 Å². The van der Waals surface area contributed by atoms with E-state index in [1.54, 1.807) is 0 Å². The molecular weight excluding hydrogens is 596 g/mol. The number of fused-ring (bicyclic) bond motifs is 1. The minimum atomic E-state index is 0.450. The number of aromatic nitrogens is 4. The van der Waals surface area contributed by atoms with Gasteiger partial charge in [0.25, 0.3) is 0 Å². The summed E-state index contributed by atoms with van der Waals surface area (Å²) in [6.07, 6.45) is 10.2. The molecule has 0 amide bonds. The highest BCUT2D eigenvalue weighted by atomic mass is 16.5. The molecule has 0 radical (unpaired) electrons. The van der Waals surface area contributed by atoms with Crippen molar-refractivity contribution in [1.82, 2.24) is 19.9 Å². The van der Waals surface area contributed by atoms with Crippen molar-refractivity contribution in [1.29, 1.82) is 0 Å². The predicted molar refractivity (Wildman–Crippen MR) is 194 cm³/mol. The smallest absolute Gasteiger partial charge is 0.232 e. The Morgan fingerprint density at radius 2 is 1.40 bits per heavy atom. The number of hydrogen-bond acceptors (Lipinski definition) is 8. The summed E-state index contributed by atoms with van der Waals surface area (Å²) in [6.45, 7) is 5.03. The average Bonchev–Trinajstić information content (AvgIpc) is 3.52. The number of rotatable bonds is 11. The van der Waals surface area contributed by atoms with Gasteiger partial charge in [-0.15, -0.1) is 0 Å². The molecule has 1 aliphatic rings. The van der Waals surface area contributed by atoms with Crippen LogP contribution in [0.25, 0.3) is 34.6 Å². The summed E-state index contributed by atoms with van der Waals surface area (Å²) in [5.74, 6) is 3.93. The van der Waals surface area contributed by atoms with Crippen LogP contribution in [0.3, 0.4) is 0 Å². The van der Waals surface area contributed by atoms with Crippen LogP contribution < -0.4 is 15.4 Å². The lowest BCUT2D eigenvalue weighted by Gasteiger charge is -2.24. The van der Waals surface area contributed by atoms with Crippen LogP contribution >= 0.6 is 0 Å². The highest BCUT2D eigenvalue weighted by Gasteiger charge is 2.22. The molecule has 0 spiro atoms. The van der Waals surface area contributed by atoms with Gasteiger partial charge in [-0.05, 0) is 72.2 Å². The maximum atomic E-state index is 6.29. The van der Waals surface area contributed by atoms with Crippen LogP contribution in [0.4, 0.5) is 23.3 Å². The van der Waals surface area contributed by atoms with Crippen LogP contribution in [0.15, 0.2) is 101 Å². The largest absolute Gasteiger partial charge is 0.493 e. The Balaban J connectivity index is 1.12. The standard InChI is InChI=1S/C40H40N6O2/c1-27(2)26-47-35-25-36-34(24-33(35)29-12-6-3-7-13-29)43-37(48-36)23-20-28-18-21-30(22-19-28)38-44-39(41-31-14-8-4-9-15-31)46-40(45-38)42-32-16-10-5-11-17-32/h4-5,8-11,14-25,27,29H,3,6-7,12-13,26H2,1-2H3,(H2,41,42,44,45,46). The second-order valence-corrected chi connectivity index (χ2v) is 12.7. The average molecular weight is 637 g/mol. The fourth-order valence-electron chi connectivity index (χ4n) is 6.00. The first-order valence-electron chi connectivity index (χ1n) is 16.8. The lowest BCUT2D eigenvalue weighted by Crippen LogP contribution is -2.10. The fourth-order valence-corrected chi connectivity index (χ4v) is 6.00. The van der Waals surface area contributed by atoms with E-state index in [9.17, 15) is 0 Å². The molecule has 8 heteroatoms. The van der Waals surface area contributed by atoms with Crippen molar-refractivity contribution in [3.8, 4) is 17.1 Å². The first kappa shape index (κ1) is 31.1. The maximum Gasteiger partial charge on any atom is 0.232 e. The Morgan fingerprint density at radius 1 is 0.750 bits per heavy atom. The van der Waals surface area contributed by atoms with Crippen molar-refractivity contribution in [3.05, 3.63) is 114 Å². The van der Waals surface area contributed by atoms with Crippen molar-refractivity contribution in [2.75, 3.05) is 17.2 Å². The molecule has 0 aliphatic heterocycles. The fraction of sp³-hybridized carbons (Fsp3) is 0.250. The highest BCUT2D eigenvalue weighted by molar-refractivity contribution is 5.79. The van der Waals surface area contributed by atoms with Crippen LogP contribution in [0, 0.1) is 5.92 Å². The molecule has 2 aromatic heterocycles. The summed E-state index contributed by atoms with van der Waals surface area (Å²) in [6, 6.07) is 32.0. The highest BCUT2D eigenvalue weighted by Crippen LogP contribution is 2.40. The first-order chi connectivity index (χ1) is 23.6. The van der Waals surface area contributed by atoms with E-state index in [0.717, 1.165) is 39.4 Å². The van der Waals surface area contributed by atoms with E-state index in [1.165, 1.54) is 37.7 Å². The van der Waals surface area contributed by atoms with Gasteiger partial charge in [-0.2, -0.15) is 15.0 Å². The molecule has 6 aromatic rings. The summed E-state index contributed by atoms with van der Waals surface area (Å²) in [4.78, 5) is 18.9. The molecule has 1 saturated carbocycles. The van der Waals surface area contributed by atoms with Gasteiger partial charge >= 0.3 is 0 Å². The van der Waals surface area contributed by atoms with Gasteiger partial charge < -0.3 is 19.8 Å². The molecule has 7 rings (SSSR count). The molecule has 1 fully saturated rings. The van der Waals surface area contributed by atoms with Crippen molar-refractivity contribution in [3.63, 3.8) is 0 Å². The maximum absolute atomic E-state index is 6.29. The SMILES string of the molecule is CC(C)COc1cc2oc(C=Cc3ccc(-c4nc(Nc5ccccc5)nc(Nc5ccccc5)n4)cc3)nc2cc1C1CCCCC1. The van der Waals surface area contributed by atoms with E-state index < -0.39 is 0 Å². The van der Waals surface area contributed by atoms with Gasteiger partial charge in [0.2, 0.25) is 17.8 Å². The molecule has 48 heavy (non-hydrogen) atoms. The minimum Gasteiger partial charge on any atom is -0.493 e. The van der Waals surface area contributed by atoms with Crippen LogP contribution in [-0.4, -0.2) is 26.5 Å². The zero-order valence-corrected chi connectivity index (χ0v) is 27.4. The molecule has 242 valence electrons. The zero-order valence-electron chi connectivity index (χ0n) is 27.4. The quantitative estimate of drug-likeness (QED) is 0.145. The van der Waals surface area contributed by atoms with Crippen molar-refractivity contribution in [2.24, 2.45) is 5.92 Å². The van der Waals surface area contributed by atoms with Crippen LogP contribution in [0.1, 0.15) is 68.9 Å². The predicted octanol–water partition coefficient (Wildman–Crippen LogP) is 10.4. The topological polar surface area (TPSA) is 98.0 Å². The van der Waals surface area contributed by atoms with Gasteiger partial charge in [0.1, 0.15) is 11.3 Å². The van der Waals surface area contributed by atoms with Gasteiger partial charge in [-0.3, -0.25) is 0 Å². The Kier molecular flexibility index (Phi) is 9.40. The minimum absolute atomic E-state index is 0.450. The number of nitrogens with zero attached hydrogens (tertiary/aromatic N) is 4. The van der Waals surface area contributed by atoms with Gasteiger partial charge in [0.15, 0.2) is 11.4 Å². The summed E-state index contributed by atoms with van der Waals surface area (Å²) in [7, 11) is 0. The Hall–Kier alpha value is -5.50. The van der Waals surface area contributed by atoms with E-state index in [0.29, 0.717) is 42.1 Å². The third-order valence-electron chi connectivity index (χ3n) is 8.44. The van der Waals surface area contributed by atoms with E-state index in [4.69, 9.17) is 24.1 Å². The summed E-state index contributed by atoms with van der Waals surface area (Å²) >= 11 is 0. The summed E-state index contributed by atoms with van der Waals surface area (Å²) in [5, 5.41) is 6.60. The van der Waals surface area contributed by atoms with E-state index in [-0.39, 0.29) is 0 Å². The number of hydrogen-bond donors (Lipinski definition) is 2. The zero-order chi connectivity index (χ0) is 32.7. The summed E-state index contributed by atoms with van der Waals surface area (Å²) in [5.41, 5.74) is 6.55. The Labute approximate surface area is 281 Å². The Bertz CT molecular complexity index is 1920. The first-order valence-corrected chi connectivity index (χ1v) is 16.8. The van der Waals surface area contributed by atoms with E-state index in [2.05, 4.69) is 35.5 Å².